The van der Waals surface area contributed by atoms with Gasteiger partial charge in [0.25, 0.3) is 0 Å². The van der Waals surface area contributed by atoms with Crippen LogP contribution in [0.5, 0.6) is 0 Å². The van der Waals surface area contributed by atoms with Crippen LogP contribution < -0.4 is 4.90 Å². The lowest BCUT2D eigenvalue weighted by atomic mass is 9.55. The van der Waals surface area contributed by atoms with E-state index in [1.807, 2.05) is 12.1 Å². The van der Waals surface area contributed by atoms with Crippen LogP contribution in [0.2, 0.25) is 0 Å². The van der Waals surface area contributed by atoms with Gasteiger partial charge in [-0.1, -0.05) is 147 Å². The van der Waals surface area contributed by atoms with Crippen molar-refractivity contribution in [2.24, 2.45) is 0 Å². The molecule has 0 bridgehead atoms. The van der Waals surface area contributed by atoms with Gasteiger partial charge < -0.3 is 9.32 Å². The molecule has 0 aliphatic heterocycles. The maximum Gasteiger partial charge on any atom is 0.135 e. The summed E-state index contributed by atoms with van der Waals surface area (Å²) in [5, 5.41) is 2.24. The van der Waals surface area contributed by atoms with Crippen molar-refractivity contribution in [1.82, 2.24) is 0 Å². The summed E-state index contributed by atoms with van der Waals surface area (Å²) in [6.45, 7) is 4.80. The quantitative estimate of drug-likeness (QED) is 0.183. The lowest BCUT2D eigenvalue weighted by molar-refractivity contribution is 0.563. The van der Waals surface area contributed by atoms with E-state index in [1.165, 1.54) is 55.6 Å². The fourth-order valence-electron chi connectivity index (χ4n) is 9.71. The Morgan fingerprint density at radius 1 is 0.370 bits per heavy atom. The summed E-state index contributed by atoms with van der Waals surface area (Å²) in [4.78, 5) is 2.33. The molecule has 8 aromatic carbocycles. The minimum Gasteiger partial charge on any atom is -0.456 e. The first-order valence-corrected chi connectivity index (χ1v) is 18.8. The van der Waals surface area contributed by atoms with Gasteiger partial charge in [0.1, 0.15) is 11.2 Å². The lowest BCUT2D eigenvalue weighted by Gasteiger charge is -2.46. The van der Waals surface area contributed by atoms with E-state index in [0.29, 0.717) is 0 Å². The van der Waals surface area contributed by atoms with Crippen molar-refractivity contribution < 1.29 is 4.42 Å². The van der Waals surface area contributed by atoms with Crippen molar-refractivity contribution in [2.45, 2.75) is 24.7 Å². The number of furan rings is 1. The third-order valence-corrected chi connectivity index (χ3v) is 12.1. The number of para-hydroxylation sites is 2. The second-order valence-corrected chi connectivity index (χ2v) is 15.3. The highest BCUT2D eigenvalue weighted by Gasteiger charge is 2.53. The number of hydrogen-bond acceptors (Lipinski definition) is 2. The van der Waals surface area contributed by atoms with Crippen molar-refractivity contribution in [2.75, 3.05) is 4.90 Å². The number of hydrogen-bond donors (Lipinski definition) is 0. The van der Waals surface area contributed by atoms with E-state index in [-0.39, 0.29) is 10.8 Å². The molecule has 11 rings (SSSR count). The molecule has 0 saturated heterocycles. The predicted molar refractivity (Wildman–Crippen MR) is 223 cm³/mol. The van der Waals surface area contributed by atoms with Gasteiger partial charge in [0.15, 0.2) is 0 Å². The second-order valence-electron chi connectivity index (χ2n) is 15.3. The first kappa shape index (κ1) is 30.9. The molecule has 0 N–H and O–H groups in total. The highest BCUT2D eigenvalue weighted by atomic mass is 16.3. The van der Waals surface area contributed by atoms with Crippen molar-refractivity contribution >= 4 is 39.0 Å². The summed E-state index contributed by atoms with van der Waals surface area (Å²) >= 11 is 0. The van der Waals surface area contributed by atoms with Gasteiger partial charge in [-0.05, 0) is 110 Å². The number of anilines is 3. The molecule has 0 saturated carbocycles. The van der Waals surface area contributed by atoms with Gasteiger partial charge in [0.05, 0.1) is 5.41 Å². The van der Waals surface area contributed by atoms with Gasteiger partial charge in [-0.15, -0.1) is 0 Å². The molecule has 1 heterocycles. The molecule has 54 heavy (non-hydrogen) atoms. The van der Waals surface area contributed by atoms with Crippen LogP contribution in [0.4, 0.5) is 17.1 Å². The SMILES string of the molecule is CC1(C)c2ccccc2C2(c3ccccc3-c3ccccc32)c2ccc(-c3ccc(N(c4ccccc4)c4ccc5oc6ccccc6c5c4)cc3)cc21. The van der Waals surface area contributed by atoms with E-state index < -0.39 is 0 Å². The zero-order chi connectivity index (χ0) is 36.0. The van der Waals surface area contributed by atoms with Crippen LogP contribution in [-0.2, 0) is 10.8 Å². The van der Waals surface area contributed by atoms with E-state index in [9.17, 15) is 0 Å². The number of benzene rings is 8. The molecule has 9 aromatic rings. The van der Waals surface area contributed by atoms with Crippen LogP contribution in [0.3, 0.4) is 0 Å². The summed E-state index contributed by atoms with van der Waals surface area (Å²) in [6, 6.07) is 68.9. The smallest absolute Gasteiger partial charge is 0.135 e. The van der Waals surface area contributed by atoms with Crippen LogP contribution >= 0.6 is 0 Å². The van der Waals surface area contributed by atoms with Crippen LogP contribution in [0.1, 0.15) is 47.2 Å². The fourth-order valence-corrected chi connectivity index (χ4v) is 9.71. The van der Waals surface area contributed by atoms with Gasteiger partial charge in [-0.3, -0.25) is 0 Å². The Bertz CT molecular complexity index is 2870. The zero-order valence-electron chi connectivity index (χ0n) is 30.3. The number of fused-ring (bicyclic) bond motifs is 12. The van der Waals surface area contributed by atoms with Crippen molar-refractivity contribution in [1.29, 1.82) is 0 Å². The summed E-state index contributed by atoms with van der Waals surface area (Å²) < 4.78 is 6.18. The summed E-state index contributed by atoms with van der Waals surface area (Å²) in [7, 11) is 0. The number of rotatable bonds is 4. The molecule has 2 heteroatoms. The Hall–Kier alpha value is -6.64. The van der Waals surface area contributed by atoms with Crippen LogP contribution in [0.25, 0.3) is 44.2 Å². The molecule has 0 amide bonds. The molecule has 0 radical (unpaired) electrons. The molecule has 0 fully saturated rings. The van der Waals surface area contributed by atoms with Gasteiger partial charge in [0.2, 0.25) is 0 Å². The largest absolute Gasteiger partial charge is 0.456 e. The summed E-state index contributed by atoms with van der Waals surface area (Å²) in [5.41, 5.74) is 17.9. The average molecular weight is 692 g/mol. The fraction of sp³-hybridized carbons (Fsp3) is 0.0769. The highest BCUT2D eigenvalue weighted by Crippen LogP contribution is 2.62. The van der Waals surface area contributed by atoms with E-state index in [4.69, 9.17) is 4.42 Å². The summed E-state index contributed by atoms with van der Waals surface area (Å²) in [5.74, 6) is 0. The average Bonchev–Trinajstić information content (AvgIpc) is 3.75. The van der Waals surface area contributed by atoms with E-state index >= 15 is 0 Å². The standard InChI is InChI=1S/C52H37NO/c1-51(2)45-21-11-12-22-46(45)52(43-19-9-6-16-39(43)40-17-7-10-20-44(40)52)47-30-26-35(32-48(47)51)34-24-27-37(28-25-34)53(36-14-4-3-5-15-36)38-29-31-50-42(33-38)41-18-8-13-23-49(41)54-50/h3-33H,1-2H3. The molecule has 0 unspecified atom stereocenters. The first-order chi connectivity index (χ1) is 26.5. The molecule has 1 aromatic heterocycles. The van der Waals surface area contributed by atoms with E-state index in [1.54, 1.807) is 0 Å². The number of nitrogens with zero attached hydrogens (tertiary/aromatic N) is 1. The lowest BCUT2D eigenvalue weighted by Crippen LogP contribution is -2.40. The van der Waals surface area contributed by atoms with Gasteiger partial charge >= 0.3 is 0 Å². The molecule has 2 aliphatic carbocycles. The minimum absolute atomic E-state index is 0.195. The Kier molecular flexibility index (Phi) is 6.55. The van der Waals surface area contributed by atoms with Gasteiger partial charge in [-0.25, -0.2) is 0 Å². The molecule has 0 atom stereocenters. The molecular weight excluding hydrogens is 655 g/mol. The van der Waals surface area contributed by atoms with Crippen molar-refractivity contribution in [3.8, 4) is 22.3 Å². The molecule has 1 spiro atoms. The molecule has 256 valence electrons. The van der Waals surface area contributed by atoms with Crippen LogP contribution in [0, 0.1) is 0 Å². The first-order valence-electron chi connectivity index (χ1n) is 18.8. The Balaban J connectivity index is 1.05. The zero-order valence-corrected chi connectivity index (χ0v) is 30.3. The normalized spacial score (nSPS) is 14.4. The van der Waals surface area contributed by atoms with Crippen molar-refractivity contribution in [3.05, 3.63) is 221 Å². The topological polar surface area (TPSA) is 16.4 Å². The van der Waals surface area contributed by atoms with Crippen LogP contribution in [-0.4, -0.2) is 0 Å². The Labute approximate surface area is 315 Å². The highest BCUT2D eigenvalue weighted by molar-refractivity contribution is 6.06. The minimum atomic E-state index is -0.380. The van der Waals surface area contributed by atoms with Gasteiger partial charge in [0, 0.05) is 33.2 Å². The Morgan fingerprint density at radius 3 is 1.65 bits per heavy atom. The Morgan fingerprint density at radius 2 is 0.907 bits per heavy atom. The molecule has 2 nitrogen and oxygen atoms in total. The monoisotopic (exact) mass is 691 g/mol. The molecular formula is C52H37NO. The maximum absolute atomic E-state index is 6.18. The predicted octanol–water partition coefficient (Wildman–Crippen LogP) is 13.7. The van der Waals surface area contributed by atoms with E-state index in [0.717, 1.165) is 39.0 Å². The van der Waals surface area contributed by atoms with Crippen LogP contribution in [0.15, 0.2) is 192 Å². The maximum atomic E-state index is 6.18. The third-order valence-electron chi connectivity index (χ3n) is 12.1. The van der Waals surface area contributed by atoms with E-state index in [2.05, 4.69) is 195 Å². The van der Waals surface area contributed by atoms with Crippen molar-refractivity contribution in [3.63, 3.8) is 0 Å². The second kappa shape index (κ2) is 11.4. The third kappa shape index (κ3) is 4.22. The van der Waals surface area contributed by atoms with Gasteiger partial charge in [-0.2, -0.15) is 0 Å². The summed E-state index contributed by atoms with van der Waals surface area (Å²) in [6.07, 6.45) is 0. The molecule has 2 aliphatic rings.